The Balaban J connectivity index is 1.65. The molecule has 0 fully saturated rings. The monoisotopic (exact) mass is 442 g/mol. The number of nitrogens with zero attached hydrogens (tertiary/aromatic N) is 1. The minimum Gasteiger partial charge on any atom is -0.358 e. The van der Waals surface area contributed by atoms with Crippen LogP contribution >= 0.6 is 0 Å². The summed E-state index contributed by atoms with van der Waals surface area (Å²) in [7, 11) is 1.30. The molecule has 1 aromatic heterocycles. The van der Waals surface area contributed by atoms with Gasteiger partial charge in [0, 0.05) is 42.7 Å². The number of carbonyl (C=O) groups is 3. The van der Waals surface area contributed by atoms with Crippen LogP contribution in [-0.2, 0) is 9.59 Å². The first-order valence-electron chi connectivity index (χ1n) is 10.4. The zero-order valence-corrected chi connectivity index (χ0v) is 18.3. The van der Waals surface area contributed by atoms with Crippen LogP contribution in [0.15, 0.2) is 18.2 Å². The van der Waals surface area contributed by atoms with Gasteiger partial charge in [-0.25, -0.2) is 9.45 Å². The maximum Gasteiger partial charge on any atom is 0.256 e. The van der Waals surface area contributed by atoms with Crippen LogP contribution < -0.4 is 10.6 Å². The zero-order chi connectivity index (χ0) is 23.4. The molecule has 0 saturated carbocycles. The predicted molar refractivity (Wildman–Crippen MR) is 119 cm³/mol. The van der Waals surface area contributed by atoms with E-state index in [4.69, 9.17) is 5.21 Å². The SMILES string of the molecule is Cc1[nH]c(C=C2C(=O)Nc3ccc(F)cc32)c(C)c1C(=O)NCCCCCC(=O)N(C)O. The number of amides is 3. The molecule has 3 rings (SSSR count). The number of H-pyrrole nitrogens is 1. The van der Waals surface area contributed by atoms with E-state index < -0.39 is 5.82 Å². The lowest BCUT2D eigenvalue weighted by atomic mass is 10.0. The summed E-state index contributed by atoms with van der Waals surface area (Å²) in [4.78, 5) is 39.5. The molecular weight excluding hydrogens is 415 g/mol. The highest BCUT2D eigenvalue weighted by molar-refractivity contribution is 6.34. The fourth-order valence-electron chi connectivity index (χ4n) is 3.74. The normalized spacial score (nSPS) is 13.8. The number of anilines is 1. The summed E-state index contributed by atoms with van der Waals surface area (Å²) >= 11 is 0. The smallest absolute Gasteiger partial charge is 0.256 e. The van der Waals surface area contributed by atoms with Crippen molar-refractivity contribution in [1.82, 2.24) is 15.4 Å². The number of carbonyl (C=O) groups excluding carboxylic acids is 3. The molecule has 8 nitrogen and oxygen atoms in total. The summed E-state index contributed by atoms with van der Waals surface area (Å²) in [5.74, 6) is -1.32. The van der Waals surface area contributed by atoms with E-state index in [-0.39, 0.29) is 24.1 Å². The van der Waals surface area contributed by atoms with Crippen LogP contribution in [-0.4, -0.2) is 46.6 Å². The molecule has 9 heteroatoms. The van der Waals surface area contributed by atoms with Gasteiger partial charge in [-0.3, -0.25) is 19.6 Å². The van der Waals surface area contributed by atoms with Crippen molar-refractivity contribution in [3.05, 3.63) is 52.1 Å². The van der Waals surface area contributed by atoms with Gasteiger partial charge in [0.2, 0.25) is 5.91 Å². The Morgan fingerprint density at radius 1 is 1.22 bits per heavy atom. The number of halogens is 1. The molecule has 0 unspecified atom stereocenters. The van der Waals surface area contributed by atoms with Crippen molar-refractivity contribution in [3.8, 4) is 0 Å². The minimum absolute atomic E-state index is 0.227. The number of aromatic nitrogens is 1. The van der Waals surface area contributed by atoms with E-state index in [1.54, 1.807) is 19.9 Å². The molecule has 4 N–H and O–H groups in total. The van der Waals surface area contributed by atoms with Crippen LogP contribution in [0, 0.1) is 19.7 Å². The fraction of sp³-hybridized carbons (Fsp3) is 0.348. The molecule has 0 aliphatic carbocycles. The van der Waals surface area contributed by atoms with Gasteiger partial charge in [-0.15, -0.1) is 0 Å². The lowest BCUT2D eigenvalue weighted by Gasteiger charge is -2.08. The number of hydrogen-bond acceptors (Lipinski definition) is 4. The standard InChI is InChI=1S/C23H27FN4O4/c1-13-19(12-17-16-11-15(24)8-9-18(16)27-22(17)30)26-14(2)21(13)23(31)25-10-6-4-5-7-20(29)28(3)32/h8-9,11-12,26,32H,4-7,10H2,1-3H3,(H,25,31)(H,27,30). The van der Waals surface area contributed by atoms with E-state index in [1.165, 1.54) is 25.2 Å². The first-order chi connectivity index (χ1) is 15.2. The van der Waals surface area contributed by atoms with Crippen LogP contribution in [0.1, 0.15) is 58.6 Å². The molecule has 2 aromatic rings. The van der Waals surface area contributed by atoms with Crippen molar-refractivity contribution >= 4 is 35.1 Å². The molecule has 0 bridgehead atoms. The molecule has 0 spiro atoms. The third kappa shape index (κ3) is 5.05. The molecule has 1 aliphatic heterocycles. The maximum atomic E-state index is 13.7. The minimum atomic E-state index is -0.432. The molecular formula is C23H27FN4O4. The molecule has 2 heterocycles. The van der Waals surface area contributed by atoms with E-state index in [9.17, 15) is 18.8 Å². The van der Waals surface area contributed by atoms with E-state index >= 15 is 0 Å². The predicted octanol–water partition coefficient (Wildman–Crippen LogP) is 3.40. The van der Waals surface area contributed by atoms with Gasteiger partial charge >= 0.3 is 0 Å². The van der Waals surface area contributed by atoms with Gasteiger partial charge in [-0.2, -0.15) is 0 Å². The quantitative estimate of drug-likeness (QED) is 0.217. The highest BCUT2D eigenvalue weighted by atomic mass is 19.1. The van der Waals surface area contributed by atoms with Crippen molar-refractivity contribution in [2.45, 2.75) is 39.5 Å². The summed E-state index contributed by atoms with van der Waals surface area (Å²) in [6.45, 7) is 4.03. The van der Waals surface area contributed by atoms with Crippen LogP contribution in [0.2, 0.25) is 0 Å². The summed E-state index contributed by atoms with van der Waals surface area (Å²) in [6.07, 6.45) is 3.97. The zero-order valence-electron chi connectivity index (χ0n) is 18.3. The average molecular weight is 442 g/mol. The van der Waals surface area contributed by atoms with Crippen LogP contribution in [0.3, 0.4) is 0 Å². The summed E-state index contributed by atoms with van der Waals surface area (Å²) in [5.41, 5.74) is 3.85. The Hall–Kier alpha value is -3.46. The Morgan fingerprint density at radius 3 is 2.69 bits per heavy atom. The first-order valence-corrected chi connectivity index (χ1v) is 10.4. The summed E-state index contributed by atoms with van der Waals surface area (Å²) in [6, 6.07) is 4.12. The van der Waals surface area contributed by atoms with Gasteiger partial charge in [0.1, 0.15) is 5.82 Å². The first kappa shape index (κ1) is 23.2. The number of unbranched alkanes of at least 4 members (excludes halogenated alkanes) is 2. The number of aromatic amines is 1. The number of nitrogens with one attached hydrogen (secondary N) is 3. The Bertz CT molecular complexity index is 1090. The second kappa shape index (κ2) is 9.78. The molecule has 3 amide bonds. The topological polar surface area (TPSA) is 115 Å². The van der Waals surface area contributed by atoms with Crippen molar-refractivity contribution < 1.29 is 24.0 Å². The fourth-order valence-corrected chi connectivity index (χ4v) is 3.74. The number of benzene rings is 1. The third-order valence-electron chi connectivity index (χ3n) is 5.47. The van der Waals surface area contributed by atoms with E-state index in [0.717, 1.165) is 6.42 Å². The molecule has 1 aromatic carbocycles. The summed E-state index contributed by atoms with van der Waals surface area (Å²) in [5, 5.41) is 15.2. The lowest BCUT2D eigenvalue weighted by Crippen LogP contribution is -2.25. The van der Waals surface area contributed by atoms with Gasteiger partial charge in [-0.1, -0.05) is 6.42 Å². The van der Waals surface area contributed by atoms with Crippen LogP contribution in [0.4, 0.5) is 10.1 Å². The number of aryl methyl sites for hydroxylation is 1. The Labute approximate surface area is 185 Å². The second-order valence-electron chi connectivity index (χ2n) is 7.85. The molecule has 32 heavy (non-hydrogen) atoms. The molecule has 1 aliphatic rings. The molecule has 0 atom stereocenters. The van der Waals surface area contributed by atoms with Crippen LogP contribution in [0.25, 0.3) is 11.6 Å². The number of fused-ring (bicyclic) bond motifs is 1. The molecule has 0 radical (unpaired) electrons. The van der Waals surface area contributed by atoms with E-state index in [0.29, 0.717) is 63.8 Å². The highest BCUT2D eigenvalue weighted by Gasteiger charge is 2.26. The van der Waals surface area contributed by atoms with E-state index in [1.807, 2.05) is 0 Å². The van der Waals surface area contributed by atoms with Crippen molar-refractivity contribution in [1.29, 1.82) is 0 Å². The van der Waals surface area contributed by atoms with Gasteiger partial charge in [-0.05, 0) is 56.5 Å². The Morgan fingerprint density at radius 2 is 1.97 bits per heavy atom. The highest BCUT2D eigenvalue weighted by Crippen LogP contribution is 2.34. The third-order valence-corrected chi connectivity index (χ3v) is 5.47. The largest absolute Gasteiger partial charge is 0.358 e. The summed E-state index contributed by atoms with van der Waals surface area (Å²) < 4.78 is 13.7. The number of hydroxylamine groups is 2. The van der Waals surface area contributed by atoms with Gasteiger partial charge in [0.15, 0.2) is 0 Å². The molecule has 0 saturated heterocycles. The van der Waals surface area contributed by atoms with Crippen molar-refractivity contribution in [2.24, 2.45) is 0 Å². The lowest BCUT2D eigenvalue weighted by molar-refractivity contribution is -0.159. The average Bonchev–Trinajstić information content (AvgIpc) is 3.19. The van der Waals surface area contributed by atoms with Crippen LogP contribution in [0.5, 0.6) is 0 Å². The Kier molecular flexibility index (Phi) is 7.09. The van der Waals surface area contributed by atoms with Gasteiger partial charge < -0.3 is 15.6 Å². The number of hydrogen-bond donors (Lipinski definition) is 4. The van der Waals surface area contributed by atoms with Crippen molar-refractivity contribution in [2.75, 3.05) is 18.9 Å². The van der Waals surface area contributed by atoms with Gasteiger partial charge in [0.05, 0.1) is 11.1 Å². The second-order valence-corrected chi connectivity index (χ2v) is 7.85. The maximum absolute atomic E-state index is 13.7. The molecule has 170 valence electrons. The van der Waals surface area contributed by atoms with Crippen molar-refractivity contribution in [3.63, 3.8) is 0 Å². The number of rotatable bonds is 8. The van der Waals surface area contributed by atoms with Gasteiger partial charge in [0.25, 0.3) is 11.8 Å². The van der Waals surface area contributed by atoms with E-state index in [2.05, 4.69) is 15.6 Å².